The van der Waals surface area contributed by atoms with Gasteiger partial charge >= 0.3 is 0 Å². The lowest BCUT2D eigenvalue weighted by Gasteiger charge is -2.05. The average molecular weight is 457 g/mol. The van der Waals surface area contributed by atoms with Crippen molar-refractivity contribution in [2.45, 2.75) is 6.92 Å². The van der Waals surface area contributed by atoms with Gasteiger partial charge in [0.25, 0.3) is 11.5 Å². The van der Waals surface area contributed by atoms with Crippen molar-refractivity contribution in [3.8, 4) is 28.4 Å². The van der Waals surface area contributed by atoms with E-state index in [0.717, 1.165) is 5.56 Å². The molecule has 0 bridgehead atoms. The van der Waals surface area contributed by atoms with Crippen LogP contribution in [-0.2, 0) is 0 Å². The van der Waals surface area contributed by atoms with Gasteiger partial charge in [-0.15, -0.1) is 0 Å². The molecule has 0 radical (unpaired) electrons. The molecule has 0 unspecified atom stereocenters. The number of nitrogens with zero attached hydrogens (tertiary/aromatic N) is 3. The van der Waals surface area contributed by atoms with Crippen LogP contribution in [0.5, 0.6) is 11.5 Å². The van der Waals surface area contributed by atoms with Gasteiger partial charge in [-0.25, -0.2) is 10.1 Å². The number of H-pyrrole nitrogens is 1. The van der Waals surface area contributed by atoms with Crippen molar-refractivity contribution in [3.05, 3.63) is 94.5 Å². The molecule has 2 aromatic heterocycles. The zero-order valence-corrected chi connectivity index (χ0v) is 18.9. The van der Waals surface area contributed by atoms with Crippen LogP contribution >= 0.6 is 0 Å². The number of aromatic nitrogens is 3. The fraction of sp³-hybridized carbons (Fsp3) is 0.120. The number of carbonyl (C=O) groups is 1. The first kappa shape index (κ1) is 22.5. The summed E-state index contributed by atoms with van der Waals surface area (Å²) in [4.78, 5) is 29.8. The van der Waals surface area contributed by atoms with Crippen LogP contribution in [0.3, 0.4) is 0 Å². The molecule has 0 fully saturated rings. The minimum absolute atomic E-state index is 0.312. The van der Waals surface area contributed by atoms with E-state index in [1.54, 1.807) is 75.9 Å². The summed E-state index contributed by atoms with van der Waals surface area (Å²) in [5, 5.41) is 7.37. The number of carbonyl (C=O) groups excluding carboxylic acids is 1. The van der Waals surface area contributed by atoms with Gasteiger partial charge in [0.15, 0.2) is 0 Å². The Hall–Kier alpha value is -4.66. The number of methoxy groups -OCH3 is 2. The molecule has 2 N–H and O–H groups in total. The van der Waals surface area contributed by atoms with Crippen LogP contribution in [0, 0.1) is 0 Å². The molecule has 0 spiro atoms. The highest BCUT2D eigenvalue weighted by Gasteiger charge is 2.20. The van der Waals surface area contributed by atoms with Crippen LogP contribution in [0.15, 0.2) is 83.0 Å². The lowest BCUT2D eigenvalue weighted by molar-refractivity contribution is 0.0954. The van der Waals surface area contributed by atoms with Gasteiger partial charge in [-0.05, 0) is 67.6 Å². The summed E-state index contributed by atoms with van der Waals surface area (Å²) in [5.74, 6) is 0.940. The summed E-state index contributed by atoms with van der Waals surface area (Å²) in [5.41, 5.74) is 5.15. The predicted molar refractivity (Wildman–Crippen MR) is 129 cm³/mol. The third kappa shape index (κ3) is 4.58. The van der Waals surface area contributed by atoms with Crippen molar-refractivity contribution in [2.24, 2.45) is 5.10 Å². The van der Waals surface area contributed by atoms with E-state index in [0.29, 0.717) is 39.7 Å². The number of ether oxygens (including phenoxy) is 2. The Kier molecular flexibility index (Phi) is 6.54. The highest BCUT2D eigenvalue weighted by molar-refractivity contribution is 6.04. The first-order chi connectivity index (χ1) is 16.5. The van der Waals surface area contributed by atoms with Crippen molar-refractivity contribution in [1.29, 1.82) is 0 Å². The first-order valence-electron chi connectivity index (χ1n) is 10.4. The summed E-state index contributed by atoms with van der Waals surface area (Å²) in [6, 6.07) is 17.7. The number of hydrogen-bond donors (Lipinski definition) is 2. The minimum Gasteiger partial charge on any atom is -0.497 e. The van der Waals surface area contributed by atoms with Gasteiger partial charge in [0.05, 0.1) is 42.4 Å². The molecule has 4 aromatic rings. The van der Waals surface area contributed by atoms with Crippen LogP contribution in [-0.4, -0.2) is 40.6 Å². The van der Waals surface area contributed by atoms with E-state index >= 15 is 0 Å². The van der Waals surface area contributed by atoms with Crippen LogP contribution in [0.4, 0.5) is 0 Å². The van der Waals surface area contributed by atoms with Gasteiger partial charge in [-0.1, -0.05) is 0 Å². The van der Waals surface area contributed by atoms with Gasteiger partial charge < -0.3 is 9.47 Å². The molecule has 0 aliphatic rings. The molecule has 0 atom stereocenters. The molecule has 0 aliphatic carbocycles. The summed E-state index contributed by atoms with van der Waals surface area (Å²) in [7, 11) is 3.17. The molecule has 172 valence electrons. The van der Waals surface area contributed by atoms with E-state index in [1.807, 2.05) is 12.1 Å². The van der Waals surface area contributed by atoms with E-state index in [1.165, 1.54) is 10.9 Å². The molecule has 4 rings (SSSR count). The summed E-state index contributed by atoms with van der Waals surface area (Å²) >= 11 is 0. The average Bonchev–Trinajstić information content (AvgIpc) is 3.24. The molecule has 2 aromatic carbocycles. The Morgan fingerprint density at radius 1 is 1.00 bits per heavy atom. The predicted octanol–water partition coefficient (Wildman–Crippen LogP) is 3.40. The molecular formula is C25H23N5O4. The Morgan fingerprint density at radius 3 is 2.24 bits per heavy atom. The van der Waals surface area contributed by atoms with Gasteiger partial charge in [0, 0.05) is 18.0 Å². The summed E-state index contributed by atoms with van der Waals surface area (Å²) < 4.78 is 11.9. The first-order valence-corrected chi connectivity index (χ1v) is 10.4. The monoisotopic (exact) mass is 457 g/mol. The van der Waals surface area contributed by atoms with Crippen LogP contribution < -0.4 is 20.5 Å². The Bertz CT molecular complexity index is 1370. The van der Waals surface area contributed by atoms with E-state index in [9.17, 15) is 9.59 Å². The van der Waals surface area contributed by atoms with E-state index < -0.39 is 5.91 Å². The van der Waals surface area contributed by atoms with Crippen molar-refractivity contribution in [2.75, 3.05) is 14.2 Å². The number of nitrogens with one attached hydrogen (secondary N) is 2. The molecule has 9 nitrogen and oxygen atoms in total. The smallest absolute Gasteiger partial charge is 0.281 e. The van der Waals surface area contributed by atoms with Gasteiger partial charge in [-0.2, -0.15) is 5.10 Å². The van der Waals surface area contributed by atoms with Gasteiger partial charge in [-0.3, -0.25) is 19.7 Å². The lowest BCUT2D eigenvalue weighted by atomic mass is 10.1. The standard InChI is InChI=1S/C25H23N5O4/c1-16(27-28-24(31)18-5-4-14-26-15-18)22-23(17-6-10-20(33-2)11-7-17)29-30(25(22)32)19-8-12-21(34-3)13-9-19/h4-15,29H,1-3H3,(H,28,31)/b27-16+. The second-order valence-electron chi connectivity index (χ2n) is 7.31. The molecule has 1 amide bonds. The van der Waals surface area contributed by atoms with Crippen LogP contribution in [0.1, 0.15) is 22.8 Å². The Morgan fingerprint density at radius 2 is 1.65 bits per heavy atom. The van der Waals surface area contributed by atoms with Crippen molar-refractivity contribution < 1.29 is 14.3 Å². The van der Waals surface area contributed by atoms with Crippen molar-refractivity contribution in [1.82, 2.24) is 20.2 Å². The van der Waals surface area contributed by atoms with Crippen LogP contribution in [0.25, 0.3) is 16.9 Å². The fourth-order valence-electron chi connectivity index (χ4n) is 3.40. The lowest BCUT2D eigenvalue weighted by Crippen LogP contribution is -2.23. The molecule has 0 saturated heterocycles. The molecule has 0 aliphatic heterocycles. The number of hydrazone groups is 1. The highest BCUT2D eigenvalue weighted by Crippen LogP contribution is 2.24. The van der Waals surface area contributed by atoms with Gasteiger partial charge in [0.1, 0.15) is 11.5 Å². The van der Waals surface area contributed by atoms with E-state index in [4.69, 9.17) is 9.47 Å². The zero-order valence-electron chi connectivity index (χ0n) is 18.9. The maximum atomic E-state index is 13.5. The third-order valence-corrected chi connectivity index (χ3v) is 5.21. The quantitative estimate of drug-likeness (QED) is 0.326. The van der Waals surface area contributed by atoms with Gasteiger partial charge in [0.2, 0.25) is 0 Å². The summed E-state index contributed by atoms with van der Waals surface area (Å²) in [6.45, 7) is 1.67. The Balaban J connectivity index is 1.77. The second-order valence-corrected chi connectivity index (χ2v) is 7.31. The SMILES string of the molecule is COc1ccc(-c2[nH]n(-c3ccc(OC)cc3)c(=O)c2/C(C)=N/NC(=O)c2cccnc2)cc1. The number of aromatic amines is 1. The van der Waals surface area contributed by atoms with Crippen LogP contribution in [0.2, 0.25) is 0 Å². The Labute approximate surface area is 195 Å². The normalized spacial score (nSPS) is 11.2. The molecule has 9 heteroatoms. The largest absolute Gasteiger partial charge is 0.497 e. The zero-order chi connectivity index (χ0) is 24.1. The third-order valence-electron chi connectivity index (χ3n) is 5.21. The molecule has 34 heavy (non-hydrogen) atoms. The number of hydrogen-bond acceptors (Lipinski definition) is 6. The number of amides is 1. The minimum atomic E-state index is -0.426. The van der Waals surface area contributed by atoms with E-state index in [2.05, 4.69) is 20.6 Å². The summed E-state index contributed by atoms with van der Waals surface area (Å²) in [6.07, 6.45) is 3.02. The maximum absolute atomic E-state index is 13.5. The molecular weight excluding hydrogens is 434 g/mol. The molecule has 2 heterocycles. The van der Waals surface area contributed by atoms with E-state index in [-0.39, 0.29) is 5.56 Å². The fourth-order valence-corrected chi connectivity index (χ4v) is 3.40. The van der Waals surface area contributed by atoms with Crippen molar-refractivity contribution >= 4 is 11.6 Å². The van der Waals surface area contributed by atoms with Crippen molar-refractivity contribution in [3.63, 3.8) is 0 Å². The topological polar surface area (TPSA) is 111 Å². The number of rotatable bonds is 7. The molecule has 0 saturated carbocycles. The number of pyridine rings is 1. The highest BCUT2D eigenvalue weighted by atomic mass is 16.5. The number of benzene rings is 2. The maximum Gasteiger partial charge on any atom is 0.281 e. The second kappa shape index (κ2) is 9.86.